The van der Waals surface area contributed by atoms with Gasteiger partial charge in [-0.1, -0.05) is 249 Å². The van der Waals surface area contributed by atoms with Gasteiger partial charge in [0.2, 0.25) is 0 Å². The molecule has 77 heavy (non-hydrogen) atoms. The average Bonchev–Trinajstić information content (AvgIpc) is 4.23. The second-order valence-corrected chi connectivity index (χ2v) is 27.8. The first-order valence-electron chi connectivity index (χ1n) is 26.6. The van der Waals surface area contributed by atoms with Gasteiger partial charge in [-0.2, -0.15) is 0 Å². The van der Waals surface area contributed by atoms with Crippen LogP contribution >= 0.6 is 0 Å². The van der Waals surface area contributed by atoms with Gasteiger partial charge in [0, 0.05) is 43.7 Å². The molecule has 5 heteroatoms. The maximum atomic E-state index is 7.23. The quantitative estimate of drug-likeness (QED) is 0.0989. The minimum absolute atomic E-state index is 0.882. The van der Waals surface area contributed by atoms with Gasteiger partial charge in [0.25, 0.3) is 0 Å². The summed E-state index contributed by atoms with van der Waals surface area (Å²) < 4.78 is 12.2. The van der Waals surface area contributed by atoms with Crippen molar-refractivity contribution in [3.63, 3.8) is 0 Å². The molecular formula is C72H50N2OSi2. The summed E-state index contributed by atoms with van der Waals surface area (Å²) in [5, 5.41) is 17.6. The first-order chi connectivity index (χ1) is 38.2. The van der Waals surface area contributed by atoms with E-state index in [4.69, 9.17) is 4.42 Å². The Bertz CT molecular complexity index is 4530. The Morgan fingerprint density at radius 1 is 0.247 bits per heavy atom. The zero-order chi connectivity index (χ0) is 50.9. The van der Waals surface area contributed by atoms with Gasteiger partial charge in [-0.3, -0.25) is 0 Å². The summed E-state index contributed by atoms with van der Waals surface area (Å²) in [4.78, 5) is 0. The second kappa shape index (κ2) is 18.1. The predicted octanol–water partition coefficient (Wildman–Crippen LogP) is 12.5. The van der Waals surface area contributed by atoms with Crippen molar-refractivity contribution in [1.29, 1.82) is 0 Å². The number of aromatic nitrogens is 2. The monoisotopic (exact) mass is 1010 g/mol. The smallest absolute Gasteiger partial charge is 0.184 e. The van der Waals surface area contributed by atoms with Gasteiger partial charge in [0.1, 0.15) is 11.2 Å². The maximum absolute atomic E-state index is 7.23. The van der Waals surface area contributed by atoms with E-state index in [1.165, 1.54) is 79.6 Å². The van der Waals surface area contributed by atoms with E-state index in [1.807, 2.05) is 0 Å². The van der Waals surface area contributed by atoms with Crippen LogP contribution < -0.4 is 41.5 Å². The highest BCUT2D eigenvalue weighted by atomic mass is 28.3. The van der Waals surface area contributed by atoms with Crippen molar-refractivity contribution >= 4 is 123 Å². The van der Waals surface area contributed by atoms with Gasteiger partial charge in [-0.25, -0.2) is 0 Å². The van der Waals surface area contributed by atoms with Crippen molar-refractivity contribution in [1.82, 2.24) is 9.13 Å². The summed E-state index contributed by atoms with van der Waals surface area (Å²) in [5.74, 6) is 0. The molecule has 0 aliphatic carbocycles. The van der Waals surface area contributed by atoms with Crippen LogP contribution in [0.1, 0.15) is 0 Å². The molecule has 0 spiro atoms. The van der Waals surface area contributed by atoms with Crippen LogP contribution in [0.5, 0.6) is 0 Å². The number of hydrogen-bond acceptors (Lipinski definition) is 1. The number of benzene rings is 12. The van der Waals surface area contributed by atoms with Crippen molar-refractivity contribution in [3.8, 4) is 11.4 Å². The van der Waals surface area contributed by atoms with Crippen LogP contribution in [0.15, 0.2) is 308 Å². The van der Waals surface area contributed by atoms with E-state index in [0.717, 1.165) is 38.8 Å². The highest BCUT2D eigenvalue weighted by molar-refractivity contribution is 7.21. The lowest BCUT2D eigenvalue weighted by Gasteiger charge is -2.35. The number of furan rings is 1. The van der Waals surface area contributed by atoms with Crippen molar-refractivity contribution in [2.45, 2.75) is 0 Å². The lowest BCUT2D eigenvalue weighted by molar-refractivity contribution is 0.671. The summed E-state index contributed by atoms with van der Waals surface area (Å²) in [5.41, 5.74) is 8.78. The third-order valence-corrected chi connectivity index (χ3v) is 26.0. The Morgan fingerprint density at radius 3 is 1.25 bits per heavy atom. The average molecular weight is 1020 g/mol. The predicted molar refractivity (Wildman–Crippen MR) is 330 cm³/mol. The molecule has 15 rings (SSSR count). The Hall–Kier alpha value is -9.53. The van der Waals surface area contributed by atoms with Crippen LogP contribution in [0.25, 0.3) is 76.9 Å². The van der Waals surface area contributed by atoms with Gasteiger partial charge >= 0.3 is 0 Å². The molecule has 0 saturated carbocycles. The Kier molecular flexibility index (Phi) is 10.6. The van der Waals surface area contributed by atoms with Gasteiger partial charge in [-0.05, 0) is 96.1 Å². The highest BCUT2D eigenvalue weighted by Crippen LogP contribution is 2.37. The van der Waals surface area contributed by atoms with Gasteiger partial charge in [0.05, 0.1) is 22.1 Å². The topological polar surface area (TPSA) is 23.0 Å². The maximum Gasteiger partial charge on any atom is 0.184 e. The zero-order valence-electron chi connectivity index (χ0n) is 42.2. The Morgan fingerprint density at radius 2 is 0.675 bits per heavy atom. The van der Waals surface area contributed by atoms with Crippen LogP contribution in [-0.4, -0.2) is 25.3 Å². The molecule has 0 atom stereocenters. The van der Waals surface area contributed by atoms with Crippen LogP contribution in [-0.2, 0) is 0 Å². The summed E-state index contributed by atoms with van der Waals surface area (Å²) >= 11 is 0. The molecular weight excluding hydrogens is 965 g/mol. The van der Waals surface area contributed by atoms with E-state index in [2.05, 4.69) is 312 Å². The normalized spacial score (nSPS) is 12.2. The van der Waals surface area contributed by atoms with Crippen molar-refractivity contribution in [2.75, 3.05) is 0 Å². The molecule has 15 aromatic rings. The largest absolute Gasteiger partial charge is 0.456 e. The molecule has 0 aliphatic rings. The molecule has 0 bridgehead atoms. The van der Waals surface area contributed by atoms with Gasteiger partial charge in [0.15, 0.2) is 16.1 Å². The molecule has 0 N–H and O–H groups in total. The van der Waals surface area contributed by atoms with Crippen molar-refractivity contribution in [2.24, 2.45) is 0 Å². The minimum atomic E-state index is -3.22. The molecule has 3 heterocycles. The van der Waals surface area contributed by atoms with E-state index in [0.29, 0.717) is 0 Å². The van der Waals surface area contributed by atoms with Crippen LogP contribution in [0.4, 0.5) is 0 Å². The van der Waals surface area contributed by atoms with E-state index >= 15 is 0 Å². The highest BCUT2D eigenvalue weighted by Gasteiger charge is 2.46. The van der Waals surface area contributed by atoms with Crippen molar-refractivity contribution < 1.29 is 4.42 Å². The number of fused-ring (bicyclic) bond motifs is 9. The Balaban J connectivity index is 1.08. The fraction of sp³-hybridized carbons (Fsp3) is 0. The number of para-hydroxylation sites is 4. The minimum Gasteiger partial charge on any atom is -0.456 e. The van der Waals surface area contributed by atoms with Crippen molar-refractivity contribution in [3.05, 3.63) is 303 Å². The third-order valence-electron chi connectivity index (χ3n) is 16.4. The molecule has 0 saturated heterocycles. The fourth-order valence-corrected chi connectivity index (χ4v) is 23.2. The lowest BCUT2D eigenvalue weighted by atomic mass is 10.1. The SMILES string of the molecule is c1ccc(-n2c3ccccc3c3cc([Si](c4ccccc4)(c4ccccc4)c4cccc5c4c4ccccc4n5-c4cc([Si](c5ccccc5)(c5ccccc5)c5ccccc5)c5oc6ccccc6c5c4)ccc32)cc1. The number of nitrogens with zero attached hydrogens (tertiary/aromatic N) is 2. The first-order valence-corrected chi connectivity index (χ1v) is 30.6. The fourth-order valence-electron chi connectivity index (χ4n) is 13.3. The third kappa shape index (κ3) is 6.74. The standard InChI is InChI=1S/C72H50N2OSi2/c1-7-26-51(27-8-1)73-64-41-22-19-38-59(64)62-50-58(46-47-66(62)73)77(56-34-15-5-16-35-56,57-36-17-6-18-37-57)69-45-25-43-67-71(69)61-40-20-23-42-65(61)74(67)52-48-63-60-39-21-24-44-68(60)75-72(63)70(49-52)76(53-28-9-2-10-29-53,54-30-11-3-12-31-54)55-32-13-4-14-33-55/h1-50H. The van der Waals surface area contributed by atoms with Crippen LogP contribution in [0.3, 0.4) is 0 Å². The van der Waals surface area contributed by atoms with E-state index in [1.54, 1.807) is 0 Å². The number of rotatable bonds is 10. The molecule has 3 aromatic heterocycles. The molecule has 0 amide bonds. The number of hydrogen-bond donors (Lipinski definition) is 0. The molecule has 362 valence electrons. The van der Waals surface area contributed by atoms with E-state index in [9.17, 15) is 0 Å². The van der Waals surface area contributed by atoms with E-state index < -0.39 is 16.1 Å². The second-order valence-electron chi connectivity index (χ2n) is 20.3. The molecule has 12 aromatic carbocycles. The van der Waals surface area contributed by atoms with Gasteiger partial charge in [-0.15, -0.1) is 0 Å². The summed E-state index contributed by atoms with van der Waals surface area (Å²) in [6.07, 6.45) is 0. The van der Waals surface area contributed by atoms with Crippen LogP contribution in [0.2, 0.25) is 0 Å². The summed E-state index contributed by atoms with van der Waals surface area (Å²) in [6.45, 7) is 0. The van der Waals surface area contributed by atoms with Crippen LogP contribution in [0, 0.1) is 0 Å². The first kappa shape index (κ1) is 44.9. The summed E-state index contributed by atoms with van der Waals surface area (Å²) in [6, 6.07) is 113. The van der Waals surface area contributed by atoms with E-state index in [-0.39, 0.29) is 0 Å². The molecule has 0 unspecified atom stereocenters. The Labute approximate surface area is 448 Å². The van der Waals surface area contributed by atoms with Gasteiger partial charge < -0.3 is 13.6 Å². The summed E-state index contributed by atoms with van der Waals surface area (Å²) in [7, 11) is -6.36. The molecule has 0 radical (unpaired) electrons. The zero-order valence-corrected chi connectivity index (χ0v) is 44.2. The lowest BCUT2D eigenvalue weighted by Crippen LogP contribution is -2.75. The molecule has 0 fully saturated rings. The molecule has 3 nitrogen and oxygen atoms in total. The molecule has 0 aliphatic heterocycles.